The van der Waals surface area contributed by atoms with E-state index in [2.05, 4.69) is 52.1 Å². The van der Waals surface area contributed by atoms with Gasteiger partial charge in [-0.05, 0) is 46.2 Å². The predicted molar refractivity (Wildman–Crippen MR) is 85.4 cm³/mol. The molecule has 2 aromatic heterocycles. The van der Waals surface area contributed by atoms with E-state index < -0.39 is 0 Å². The highest BCUT2D eigenvalue weighted by molar-refractivity contribution is 7.13. The van der Waals surface area contributed by atoms with Gasteiger partial charge in [0, 0.05) is 20.7 Å². The molecule has 0 aliphatic rings. The Morgan fingerprint density at radius 1 is 1.21 bits per heavy atom. The molecule has 0 bridgehead atoms. The normalized spacial score (nSPS) is 13.2. The number of thiazole rings is 1. The number of hydrogen-bond donors (Lipinski definition) is 1. The fourth-order valence-corrected chi connectivity index (χ4v) is 4.06. The Morgan fingerprint density at radius 3 is 2.42 bits per heavy atom. The summed E-state index contributed by atoms with van der Waals surface area (Å²) >= 11 is 3.71. The van der Waals surface area contributed by atoms with E-state index in [1.165, 1.54) is 19.6 Å². The van der Waals surface area contributed by atoms with Crippen LogP contribution in [0.2, 0.25) is 0 Å². The van der Waals surface area contributed by atoms with Crippen LogP contribution in [0.1, 0.15) is 52.1 Å². The van der Waals surface area contributed by atoms with Crippen molar-refractivity contribution in [2.24, 2.45) is 0 Å². The second kappa shape index (κ2) is 6.16. The van der Waals surface area contributed by atoms with E-state index in [4.69, 9.17) is 4.98 Å². The number of hydrogen-bond acceptors (Lipinski definition) is 4. The molecule has 0 spiro atoms. The standard InChI is InChI=1S/C15H22N2S2/c1-6-12-7-8-13(19-12)14(16-9(2)3)15-17-10(4)11(5)18-15/h7-9,14,16H,6H2,1-5H3. The van der Waals surface area contributed by atoms with E-state index in [1.807, 2.05) is 22.7 Å². The molecule has 1 N–H and O–H groups in total. The molecule has 2 aromatic rings. The van der Waals surface area contributed by atoms with E-state index in [9.17, 15) is 0 Å². The molecule has 0 saturated carbocycles. The summed E-state index contributed by atoms with van der Waals surface area (Å²) < 4.78 is 0. The van der Waals surface area contributed by atoms with E-state index in [-0.39, 0.29) is 6.04 Å². The summed E-state index contributed by atoms with van der Waals surface area (Å²) in [6.45, 7) is 10.8. The number of aryl methyl sites for hydroxylation is 3. The highest BCUT2D eigenvalue weighted by atomic mass is 32.1. The predicted octanol–water partition coefficient (Wildman–Crippen LogP) is 4.47. The minimum atomic E-state index is 0.239. The molecule has 4 heteroatoms. The Hall–Kier alpha value is -0.710. The van der Waals surface area contributed by atoms with Gasteiger partial charge in [-0.3, -0.25) is 0 Å². The van der Waals surface area contributed by atoms with Crippen molar-refractivity contribution in [3.8, 4) is 0 Å². The lowest BCUT2D eigenvalue weighted by Gasteiger charge is -2.18. The molecule has 0 amide bonds. The van der Waals surface area contributed by atoms with Gasteiger partial charge in [-0.2, -0.15) is 0 Å². The van der Waals surface area contributed by atoms with Crippen molar-refractivity contribution >= 4 is 22.7 Å². The number of nitrogens with zero attached hydrogens (tertiary/aromatic N) is 1. The average Bonchev–Trinajstić information content (AvgIpc) is 2.94. The molecule has 2 rings (SSSR count). The highest BCUT2D eigenvalue weighted by Crippen LogP contribution is 2.32. The largest absolute Gasteiger partial charge is 0.301 e. The van der Waals surface area contributed by atoms with Gasteiger partial charge in [-0.1, -0.05) is 6.92 Å². The van der Waals surface area contributed by atoms with Gasteiger partial charge in [0.2, 0.25) is 0 Å². The Balaban J connectivity index is 2.34. The van der Waals surface area contributed by atoms with Crippen molar-refractivity contribution in [3.05, 3.63) is 37.5 Å². The fraction of sp³-hybridized carbons (Fsp3) is 0.533. The SMILES string of the molecule is CCc1ccc(C(NC(C)C)c2nc(C)c(C)s2)s1. The van der Waals surface area contributed by atoms with Crippen LogP contribution in [0.15, 0.2) is 12.1 Å². The van der Waals surface area contributed by atoms with Crippen molar-refractivity contribution < 1.29 is 0 Å². The molecule has 2 nitrogen and oxygen atoms in total. The number of thiophene rings is 1. The monoisotopic (exact) mass is 294 g/mol. The molecule has 19 heavy (non-hydrogen) atoms. The second-order valence-corrected chi connectivity index (χ2v) is 7.54. The highest BCUT2D eigenvalue weighted by Gasteiger charge is 2.21. The minimum absolute atomic E-state index is 0.239. The van der Waals surface area contributed by atoms with E-state index in [0.29, 0.717) is 6.04 Å². The number of rotatable bonds is 5. The molecule has 1 unspecified atom stereocenters. The molecule has 0 aliphatic carbocycles. The summed E-state index contributed by atoms with van der Waals surface area (Å²) in [5, 5.41) is 4.84. The van der Waals surface area contributed by atoms with Gasteiger partial charge in [0.15, 0.2) is 0 Å². The van der Waals surface area contributed by atoms with Crippen molar-refractivity contribution in [2.75, 3.05) is 0 Å². The van der Waals surface area contributed by atoms with Crippen LogP contribution < -0.4 is 5.32 Å². The fourth-order valence-electron chi connectivity index (χ4n) is 1.97. The molecule has 0 aliphatic heterocycles. The van der Waals surface area contributed by atoms with Crippen molar-refractivity contribution in [3.63, 3.8) is 0 Å². The van der Waals surface area contributed by atoms with Crippen LogP contribution in [0.5, 0.6) is 0 Å². The van der Waals surface area contributed by atoms with E-state index in [1.54, 1.807) is 0 Å². The van der Waals surface area contributed by atoms with Gasteiger partial charge in [0.05, 0.1) is 11.7 Å². The van der Waals surface area contributed by atoms with Gasteiger partial charge in [-0.15, -0.1) is 22.7 Å². The average molecular weight is 294 g/mol. The zero-order chi connectivity index (χ0) is 14.0. The third-order valence-electron chi connectivity index (χ3n) is 3.11. The van der Waals surface area contributed by atoms with E-state index in [0.717, 1.165) is 12.1 Å². The lowest BCUT2D eigenvalue weighted by Crippen LogP contribution is -2.28. The summed E-state index contributed by atoms with van der Waals surface area (Å²) in [5.41, 5.74) is 1.16. The maximum Gasteiger partial charge on any atom is 0.115 e. The van der Waals surface area contributed by atoms with Gasteiger partial charge in [0.1, 0.15) is 5.01 Å². The lowest BCUT2D eigenvalue weighted by molar-refractivity contribution is 0.532. The van der Waals surface area contributed by atoms with Crippen LogP contribution in [-0.4, -0.2) is 11.0 Å². The number of nitrogens with one attached hydrogen (secondary N) is 1. The summed E-state index contributed by atoms with van der Waals surface area (Å²) in [6, 6.07) is 5.17. The first kappa shape index (κ1) is 14.7. The second-order valence-electron chi connectivity index (χ2n) is 5.11. The van der Waals surface area contributed by atoms with Crippen LogP contribution >= 0.6 is 22.7 Å². The molecule has 0 aromatic carbocycles. The van der Waals surface area contributed by atoms with Crippen LogP contribution in [0.3, 0.4) is 0 Å². The van der Waals surface area contributed by atoms with Gasteiger partial charge < -0.3 is 5.32 Å². The Morgan fingerprint density at radius 2 is 1.95 bits per heavy atom. The molecule has 2 heterocycles. The smallest absolute Gasteiger partial charge is 0.115 e. The molecular weight excluding hydrogens is 272 g/mol. The van der Waals surface area contributed by atoms with Crippen molar-refractivity contribution in [2.45, 2.75) is 53.1 Å². The Labute approximate surface area is 123 Å². The molecule has 0 radical (unpaired) electrons. The molecule has 0 fully saturated rings. The number of aromatic nitrogens is 1. The van der Waals surface area contributed by atoms with Gasteiger partial charge in [0.25, 0.3) is 0 Å². The first-order chi connectivity index (χ1) is 9.01. The van der Waals surface area contributed by atoms with Crippen molar-refractivity contribution in [1.29, 1.82) is 0 Å². The van der Waals surface area contributed by atoms with Gasteiger partial charge in [-0.25, -0.2) is 4.98 Å². The molecule has 104 valence electrons. The van der Waals surface area contributed by atoms with Crippen LogP contribution in [0, 0.1) is 13.8 Å². The lowest BCUT2D eigenvalue weighted by atomic mass is 10.2. The molecular formula is C15H22N2S2. The Bertz CT molecular complexity index is 521. The zero-order valence-corrected chi connectivity index (χ0v) is 13.9. The summed E-state index contributed by atoms with van der Waals surface area (Å²) in [6.07, 6.45) is 1.11. The van der Waals surface area contributed by atoms with E-state index >= 15 is 0 Å². The third kappa shape index (κ3) is 3.44. The zero-order valence-electron chi connectivity index (χ0n) is 12.3. The summed E-state index contributed by atoms with van der Waals surface area (Å²) in [4.78, 5) is 8.87. The first-order valence-corrected chi connectivity index (χ1v) is 8.43. The summed E-state index contributed by atoms with van der Waals surface area (Å²) in [7, 11) is 0. The van der Waals surface area contributed by atoms with Crippen molar-refractivity contribution in [1.82, 2.24) is 10.3 Å². The van der Waals surface area contributed by atoms with Crippen LogP contribution in [0.25, 0.3) is 0 Å². The van der Waals surface area contributed by atoms with Crippen LogP contribution in [-0.2, 0) is 6.42 Å². The maximum atomic E-state index is 4.74. The molecule has 1 atom stereocenters. The quantitative estimate of drug-likeness (QED) is 0.880. The summed E-state index contributed by atoms with van der Waals surface area (Å²) in [5.74, 6) is 0. The van der Waals surface area contributed by atoms with Crippen LogP contribution in [0.4, 0.5) is 0 Å². The Kier molecular flexibility index (Phi) is 4.76. The molecule has 0 saturated heterocycles. The topological polar surface area (TPSA) is 24.9 Å². The third-order valence-corrected chi connectivity index (χ3v) is 5.54. The first-order valence-electron chi connectivity index (χ1n) is 6.79. The minimum Gasteiger partial charge on any atom is -0.301 e. The van der Waals surface area contributed by atoms with Gasteiger partial charge >= 0.3 is 0 Å². The maximum absolute atomic E-state index is 4.74.